The highest BCUT2D eigenvalue weighted by molar-refractivity contribution is 6.30. The first-order chi connectivity index (χ1) is 12.5. The number of fused-ring (bicyclic) bond motifs is 1. The van der Waals surface area contributed by atoms with Crippen molar-refractivity contribution >= 4 is 34.9 Å². The van der Waals surface area contributed by atoms with Crippen molar-refractivity contribution in [2.45, 2.75) is 39.8 Å². The van der Waals surface area contributed by atoms with Gasteiger partial charge in [0.1, 0.15) is 11.3 Å². The van der Waals surface area contributed by atoms with E-state index in [-0.39, 0.29) is 11.2 Å². The largest absolute Gasteiger partial charge is 0.333 e. The normalized spacial score (nSPS) is 11.7. The van der Waals surface area contributed by atoms with Gasteiger partial charge in [-0.05, 0) is 36.6 Å². The van der Waals surface area contributed by atoms with E-state index in [9.17, 15) is 9.59 Å². The molecule has 0 saturated carbocycles. The van der Waals surface area contributed by atoms with Gasteiger partial charge in [-0.15, -0.1) is 0 Å². The Morgan fingerprint density at radius 1 is 1.04 bits per heavy atom. The first kappa shape index (κ1) is 18.2. The van der Waals surface area contributed by atoms with Crippen LogP contribution in [0, 0.1) is 0 Å². The van der Waals surface area contributed by atoms with Gasteiger partial charge in [-0.2, -0.15) is 0 Å². The zero-order chi connectivity index (χ0) is 18.7. The van der Waals surface area contributed by atoms with E-state index < -0.39 is 0 Å². The summed E-state index contributed by atoms with van der Waals surface area (Å²) in [6.07, 6.45) is 5.15. The standard InChI is InChI=1S/C19H21ClN4O2/c1-3-11-23-17-16(18(25)24(12-4-2)19(23)26)21-15(22-17)10-7-13-5-8-14(20)9-6-13/h5-10H,3-4,11-12H2,1-2H3,(H,21,22). The van der Waals surface area contributed by atoms with E-state index >= 15 is 0 Å². The van der Waals surface area contributed by atoms with E-state index in [1.54, 1.807) is 10.6 Å². The summed E-state index contributed by atoms with van der Waals surface area (Å²) in [5.41, 5.74) is 1.11. The minimum absolute atomic E-state index is 0.300. The number of hydrogen-bond donors (Lipinski definition) is 1. The monoisotopic (exact) mass is 372 g/mol. The number of imidazole rings is 1. The smallest absolute Gasteiger partial charge is 0.332 e. The van der Waals surface area contributed by atoms with Crippen LogP contribution in [-0.4, -0.2) is 19.1 Å². The predicted molar refractivity (Wildman–Crippen MR) is 106 cm³/mol. The van der Waals surface area contributed by atoms with Crippen molar-refractivity contribution in [3.63, 3.8) is 0 Å². The fraction of sp³-hybridized carbons (Fsp3) is 0.316. The summed E-state index contributed by atoms with van der Waals surface area (Å²) in [5, 5.41) is 0.672. The van der Waals surface area contributed by atoms with Crippen molar-refractivity contribution in [3.8, 4) is 0 Å². The zero-order valence-corrected chi connectivity index (χ0v) is 15.6. The van der Waals surface area contributed by atoms with Crippen LogP contribution in [0.25, 0.3) is 23.3 Å². The molecule has 3 aromatic rings. The molecule has 3 rings (SSSR count). The minimum atomic E-state index is -0.321. The zero-order valence-electron chi connectivity index (χ0n) is 14.8. The third-order valence-corrected chi connectivity index (χ3v) is 4.33. The van der Waals surface area contributed by atoms with Crippen LogP contribution in [0.15, 0.2) is 33.9 Å². The van der Waals surface area contributed by atoms with Crippen molar-refractivity contribution in [2.75, 3.05) is 0 Å². The highest BCUT2D eigenvalue weighted by atomic mass is 35.5. The fourth-order valence-corrected chi connectivity index (χ4v) is 2.98. The second kappa shape index (κ2) is 7.74. The third kappa shape index (κ3) is 3.51. The lowest BCUT2D eigenvalue weighted by Gasteiger charge is -2.09. The van der Waals surface area contributed by atoms with Crippen LogP contribution in [0.5, 0.6) is 0 Å². The average molecular weight is 373 g/mol. The van der Waals surface area contributed by atoms with Gasteiger partial charge >= 0.3 is 5.69 Å². The Bertz CT molecular complexity index is 1060. The molecule has 0 aliphatic carbocycles. The summed E-state index contributed by atoms with van der Waals surface area (Å²) in [7, 11) is 0. The number of halogens is 1. The number of benzene rings is 1. The molecule has 0 saturated heterocycles. The number of aromatic amines is 1. The number of aromatic nitrogens is 4. The van der Waals surface area contributed by atoms with Gasteiger partial charge in [-0.3, -0.25) is 13.9 Å². The Hall–Kier alpha value is -2.60. The van der Waals surface area contributed by atoms with Gasteiger partial charge in [0, 0.05) is 18.1 Å². The molecule has 0 bridgehead atoms. The molecule has 0 spiro atoms. The van der Waals surface area contributed by atoms with Gasteiger partial charge in [0.05, 0.1) is 0 Å². The van der Waals surface area contributed by atoms with Crippen molar-refractivity contribution in [2.24, 2.45) is 0 Å². The van der Waals surface area contributed by atoms with Gasteiger partial charge in [-0.1, -0.05) is 43.7 Å². The number of nitrogens with one attached hydrogen (secondary N) is 1. The van der Waals surface area contributed by atoms with Crippen LogP contribution in [0.4, 0.5) is 0 Å². The number of nitrogens with zero attached hydrogens (tertiary/aromatic N) is 3. The summed E-state index contributed by atoms with van der Waals surface area (Å²) in [5.74, 6) is 0.533. The molecule has 0 atom stereocenters. The molecule has 0 radical (unpaired) electrons. The van der Waals surface area contributed by atoms with Gasteiger partial charge < -0.3 is 4.98 Å². The maximum Gasteiger partial charge on any atom is 0.332 e. The topological polar surface area (TPSA) is 72.7 Å². The van der Waals surface area contributed by atoms with Crippen molar-refractivity contribution in [1.82, 2.24) is 19.1 Å². The molecule has 1 aromatic carbocycles. The molecule has 2 aromatic heterocycles. The number of hydrogen-bond acceptors (Lipinski definition) is 3. The Labute approximate surface area is 155 Å². The highest BCUT2D eigenvalue weighted by Gasteiger charge is 2.15. The van der Waals surface area contributed by atoms with Crippen LogP contribution < -0.4 is 11.2 Å². The van der Waals surface area contributed by atoms with E-state index in [0.29, 0.717) is 41.5 Å². The molecular formula is C19H21ClN4O2. The summed E-state index contributed by atoms with van der Waals surface area (Å²) in [6, 6.07) is 7.40. The average Bonchev–Trinajstić information content (AvgIpc) is 3.06. The predicted octanol–water partition coefficient (Wildman–Crippen LogP) is 3.53. The van der Waals surface area contributed by atoms with E-state index in [1.807, 2.05) is 44.2 Å². The van der Waals surface area contributed by atoms with Gasteiger partial charge in [0.15, 0.2) is 5.65 Å². The molecule has 7 heteroatoms. The van der Waals surface area contributed by atoms with Crippen LogP contribution in [0.2, 0.25) is 5.02 Å². The summed E-state index contributed by atoms with van der Waals surface area (Å²) in [4.78, 5) is 32.8. The summed E-state index contributed by atoms with van der Waals surface area (Å²) >= 11 is 5.89. The molecule has 2 heterocycles. The Morgan fingerprint density at radius 3 is 2.35 bits per heavy atom. The Kier molecular flexibility index (Phi) is 5.42. The third-order valence-electron chi connectivity index (χ3n) is 4.08. The maximum atomic E-state index is 12.7. The summed E-state index contributed by atoms with van der Waals surface area (Å²) < 4.78 is 2.85. The van der Waals surface area contributed by atoms with E-state index in [1.165, 1.54) is 4.57 Å². The van der Waals surface area contributed by atoms with Crippen molar-refractivity contribution < 1.29 is 0 Å². The quantitative estimate of drug-likeness (QED) is 0.719. The molecule has 0 aliphatic rings. The lowest BCUT2D eigenvalue weighted by atomic mass is 10.2. The maximum absolute atomic E-state index is 12.7. The number of rotatable bonds is 6. The Morgan fingerprint density at radius 2 is 1.69 bits per heavy atom. The molecule has 1 N–H and O–H groups in total. The first-order valence-electron chi connectivity index (χ1n) is 8.72. The van der Waals surface area contributed by atoms with E-state index in [4.69, 9.17) is 11.6 Å². The lowest BCUT2D eigenvalue weighted by molar-refractivity contribution is 0.555. The number of H-pyrrole nitrogens is 1. The van der Waals surface area contributed by atoms with Gasteiger partial charge in [0.25, 0.3) is 5.56 Å². The van der Waals surface area contributed by atoms with E-state index in [0.717, 1.165) is 12.0 Å². The Balaban J connectivity index is 2.10. The second-order valence-corrected chi connectivity index (χ2v) is 6.53. The van der Waals surface area contributed by atoms with Crippen LogP contribution in [-0.2, 0) is 13.1 Å². The SMILES string of the molecule is CCCn1c(=O)c2[nH]c(C=Cc3ccc(Cl)cc3)nc2n(CCC)c1=O. The second-order valence-electron chi connectivity index (χ2n) is 6.10. The minimum Gasteiger partial charge on any atom is -0.333 e. The molecular weight excluding hydrogens is 352 g/mol. The molecule has 0 unspecified atom stereocenters. The number of aryl methyl sites for hydroxylation is 1. The van der Waals surface area contributed by atoms with Crippen LogP contribution in [0.1, 0.15) is 38.1 Å². The van der Waals surface area contributed by atoms with Crippen molar-refractivity contribution in [1.29, 1.82) is 0 Å². The molecule has 6 nitrogen and oxygen atoms in total. The highest BCUT2D eigenvalue weighted by Crippen LogP contribution is 2.13. The van der Waals surface area contributed by atoms with E-state index in [2.05, 4.69) is 9.97 Å². The van der Waals surface area contributed by atoms with Crippen molar-refractivity contribution in [3.05, 3.63) is 61.5 Å². The lowest BCUT2D eigenvalue weighted by Crippen LogP contribution is -2.40. The van der Waals surface area contributed by atoms with Crippen LogP contribution in [0.3, 0.4) is 0 Å². The first-order valence-corrected chi connectivity index (χ1v) is 9.10. The molecule has 136 valence electrons. The molecule has 0 aliphatic heterocycles. The van der Waals surface area contributed by atoms with Gasteiger partial charge in [-0.25, -0.2) is 9.78 Å². The fourth-order valence-electron chi connectivity index (χ4n) is 2.86. The summed E-state index contributed by atoms with van der Waals surface area (Å²) in [6.45, 7) is 4.84. The molecule has 26 heavy (non-hydrogen) atoms. The van der Waals surface area contributed by atoms with Gasteiger partial charge in [0.2, 0.25) is 0 Å². The molecule has 0 fully saturated rings. The van der Waals surface area contributed by atoms with Crippen LogP contribution >= 0.6 is 11.6 Å². The molecule has 0 amide bonds.